The Labute approximate surface area is 141 Å². The fourth-order valence-electron chi connectivity index (χ4n) is 3.23. The molecule has 0 radical (unpaired) electrons. The summed E-state index contributed by atoms with van der Waals surface area (Å²) in [5.74, 6) is 0.273. The number of rotatable bonds is 10. The van der Waals surface area contributed by atoms with E-state index >= 15 is 0 Å². The topological polar surface area (TPSA) is 61.8 Å². The summed E-state index contributed by atoms with van der Waals surface area (Å²) in [5, 5.41) is 0. The first-order chi connectivity index (χ1) is 10.7. The SMILES string of the molecule is CCOC(=O)OC(CC)C(CC(C)C)(CC(C)C)C(=O)OCC. The van der Waals surface area contributed by atoms with Crippen LogP contribution in [0.3, 0.4) is 0 Å². The molecule has 136 valence electrons. The molecule has 0 amide bonds. The largest absolute Gasteiger partial charge is 0.508 e. The lowest BCUT2D eigenvalue weighted by Gasteiger charge is -2.39. The van der Waals surface area contributed by atoms with Crippen LogP contribution >= 0.6 is 0 Å². The smallest absolute Gasteiger partial charge is 0.465 e. The standard InChI is InChI=1S/C18H34O5/c1-8-15(23-17(20)22-10-3)18(11-13(4)5,12-14(6)7)16(19)21-9-2/h13-15H,8-12H2,1-7H3. The van der Waals surface area contributed by atoms with Crippen molar-refractivity contribution in [3.63, 3.8) is 0 Å². The molecule has 1 unspecified atom stereocenters. The number of carbonyl (C=O) groups is 2. The van der Waals surface area contributed by atoms with Gasteiger partial charge in [-0.2, -0.15) is 0 Å². The second-order valence-corrected chi connectivity index (χ2v) is 6.77. The molecule has 0 bridgehead atoms. The van der Waals surface area contributed by atoms with Crippen LogP contribution in [0.25, 0.3) is 0 Å². The van der Waals surface area contributed by atoms with E-state index in [1.54, 1.807) is 13.8 Å². The van der Waals surface area contributed by atoms with Crippen molar-refractivity contribution in [2.75, 3.05) is 13.2 Å². The van der Waals surface area contributed by atoms with Crippen LogP contribution in [-0.2, 0) is 19.0 Å². The van der Waals surface area contributed by atoms with Gasteiger partial charge < -0.3 is 14.2 Å². The zero-order chi connectivity index (χ0) is 18.0. The first-order valence-electron chi connectivity index (χ1n) is 8.73. The van der Waals surface area contributed by atoms with Gasteiger partial charge in [-0.1, -0.05) is 34.6 Å². The van der Waals surface area contributed by atoms with E-state index in [1.807, 2.05) is 6.92 Å². The predicted molar refractivity (Wildman–Crippen MR) is 90.2 cm³/mol. The lowest BCUT2D eigenvalue weighted by atomic mass is 9.69. The van der Waals surface area contributed by atoms with E-state index in [-0.39, 0.29) is 24.4 Å². The molecule has 23 heavy (non-hydrogen) atoms. The Morgan fingerprint density at radius 3 is 1.70 bits per heavy atom. The van der Waals surface area contributed by atoms with Crippen molar-refractivity contribution in [1.29, 1.82) is 0 Å². The maximum absolute atomic E-state index is 12.8. The molecule has 0 spiro atoms. The predicted octanol–water partition coefficient (Wildman–Crippen LogP) is 4.58. The molecule has 0 saturated carbocycles. The summed E-state index contributed by atoms with van der Waals surface area (Å²) in [5.41, 5.74) is -0.833. The van der Waals surface area contributed by atoms with E-state index in [2.05, 4.69) is 27.7 Å². The molecule has 0 aromatic heterocycles. The minimum Gasteiger partial charge on any atom is -0.465 e. The molecule has 0 aromatic carbocycles. The summed E-state index contributed by atoms with van der Waals surface area (Å²) in [6.45, 7) is 14.2. The first kappa shape index (κ1) is 21.7. The molecule has 5 heteroatoms. The number of carbonyl (C=O) groups excluding carboxylic acids is 2. The summed E-state index contributed by atoms with van der Waals surface area (Å²) in [4.78, 5) is 24.6. The van der Waals surface area contributed by atoms with Gasteiger partial charge in [0.25, 0.3) is 0 Å². The van der Waals surface area contributed by atoms with Crippen molar-refractivity contribution in [2.45, 2.75) is 73.8 Å². The molecule has 0 N–H and O–H groups in total. The molecule has 1 atom stereocenters. The van der Waals surface area contributed by atoms with Crippen molar-refractivity contribution in [3.8, 4) is 0 Å². The third kappa shape index (κ3) is 6.80. The highest BCUT2D eigenvalue weighted by atomic mass is 16.7. The van der Waals surface area contributed by atoms with E-state index in [9.17, 15) is 9.59 Å². The Bertz CT molecular complexity index is 352. The van der Waals surface area contributed by atoms with E-state index in [4.69, 9.17) is 14.2 Å². The van der Waals surface area contributed by atoms with Crippen LogP contribution in [0.15, 0.2) is 0 Å². The zero-order valence-electron chi connectivity index (χ0n) is 15.8. The third-order valence-corrected chi connectivity index (χ3v) is 3.71. The highest BCUT2D eigenvalue weighted by Crippen LogP contribution is 2.41. The van der Waals surface area contributed by atoms with E-state index in [0.29, 0.717) is 25.9 Å². The lowest BCUT2D eigenvalue weighted by Crippen LogP contribution is -2.47. The van der Waals surface area contributed by atoms with Crippen LogP contribution in [0, 0.1) is 17.3 Å². The summed E-state index contributed by atoms with van der Waals surface area (Å²) in [7, 11) is 0. The van der Waals surface area contributed by atoms with Crippen LogP contribution in [0.2, 0.25) is 0 Å². The fraction of sp³-hybridized carbons (Fsp3) is 0.889. The molecule has 0 saturated heterocycles. The van der Waals surface area contributed by atoms with Crippen LogP contribution in [-0.4, -0.2) is 31.4 Å². The average Bonchev–Trinajstić information content (AvgIpc) is 2.43. The third-order valence-electron chi connectivity index (χ3n) is 3.71. The van der Waals surface area contributed by atoms with Crippen LogP contribution in [0.4, 0.5) is 4.79 Å². The molecule has 0 aliphatic rings. The Hall–Kier alpha value is -1.26. The second-order valence-electron chi connectivity index (χ2n) is 6.77. The molecule has 0 aliphatic carbocycles. The monoisotopic (exact) mass is 330 g/mol. The highest BCUT2D eigenvalue weighted by Gasteiger charge is 2.49. The Balaban J connectivity index is 5.69. The quantitative estimate of drug-likeness (QED) is 0.549. The number of ether oxygens (including phenoxy) is 3. The van der Waals surface area contributed by atoms with Crippen molar-refractivity contribution in [3.05, 3.63) is 0 Å². The minimum atomic E-state index is -0.833. The molecule has 0 aliphatic heterocycles. The van der Waals surface area contributed by atoms with Gasteiger partial charge in [0.15, 0.2) is 0 Å². The van der Waals surface area contributed by atoms with Crippen LogP contribution in [0.1, 0.15) is 67.7 Å². The van der Waals surface area contributed by atoms with Crippen molar-refractivity contribution in [2.24, 2.45) is 17.3 Å². The normalized spacial score (nSPS) is 13.1. The highest BCUT2D eigenvalue weighted by molar-refractivity contribution is 5.78. The first-order valence-corrected chi connectivity index (χ1v) is 8.73. The van der Waals surface area contributed by atoms with Gasteiger partial charge in [0, 0.05) is 0 Å². The van der Waals surface area contributed by atoms with Crippen molar-refractivity contribution >= 4 is 12.1 Å². The van der Waals surface area contributed by atoms with Crippen molar-refractivity contribution in [1.82, 2.24) is 0 Å². The van der Waals surface area contributed by atoms with E-state index in [1.165, 1.54) is 0 Å². The van der Waals surface area contributed by atoms with Gasteiger partial charge in [-0.3, -0.25) is 4.79 Å². The molecule has 0 rings (SSSR count). The fourth-order valence-corrected chi connectivity index (χ4v) is 3.23. The minimum absolute atomic E-state index is 0.246. The maximum Gasteiger partial charge on any atom is 0.508 e. The summed E-state index contributed by atoms with van der Waals surface area (Å²) >= 11 is 0. The van der Waals surface area contributed by atoms with Crippen molar-refractivity contribution < 1.29 is 23.8 Å². The maximum atomic E-state index is 12.8. The lowest BCUT2D eigenvalue weighted by molar-refractivity contribution is -0.168. The number of hydrogen-bond acceptors (Lipinski definition) is 5. The summed E-state index contributed by atoms with van der Waals surface area (Å²) in [6.07, 6.45) is 0.493. The second kappa shape index (κ2) is 10.5. The molecular weight excluding hydrogens is 296 g/mol. The van der Waals surface area contributed by atoms with Gasteiger partial charge in [0.05, 0.1) is 13.2 Å². The van der Waals surface area contributed by atoms with Gasteiger partial charge in [0.1, 0.15) is 11.5 Å². The van der Waals surface area contributed by atoms with Crippen LogP contribution in [0.5, 0.6) is 0 Å². The number of hydrogen-bond donors (Lipinski definition) is 0. The number of esters is 1. The Morgan fingerprint density at radius 1 is 0.870 bits per heavy atom. The van der Waals surface area contributed by atoms with Gasteiger partial charge in [-0.05, 0) is 44.9 Å². The summed E-state index contributed by atoms with van der Waals surface area (Å²) in [6, 6.07) is 0. The molecular formula is C18H34O5. The Morgan fingerprint density at radius 2 is 1.35 bits per heavy atom. The van der Waals surface area contributed by atoms with Gasteiger partial charge in [-0.15, -0.1) is 0 Å². The van der Waals surface area contributed by atoms with E-state index in [0.717, 1.165) is 0 Å². The van der Waals surface area contributed by atoms with Crippen LogP contribution < -0.4 is 0 Å². The summed E-state index contributed by atoms with van der Waals surface area (Å²) < 4.78 is 15.8. The van der Waals surface area contributed by atoms with Gasteiger partial charge in [-0.25, -0.2) is 4.79 Å². The van der Waals surface area contributed by atoms with Gasteiger partial charge in [0.2, 0.25) is 0 Å². The zero-order valence-corrected chi connectivity index (χ0v) is 15.8. The van der Waals surface area contributed by atoms with E-state index < -0.39 is 17.7 Å². The average molecular weight is 330 g/mol. The molecule has 0 fully saturated rings. The molecule has 0 aromatic rings. The Kier molecular flexibility index (Phi) is 9.93. The molecule has 0 heterocycles. The molecule has 5 nitrogen and oxygen atoms in total. The van der Waals surface area contributed by atoms with Gasteiger partial charge >= 0.3 is 12.1 Å².